The third-order valence-corrected chi connectivity index (χ3v) is 6.92. The zero-order chi connectivity index (χ0) is 25.6. The third-order valence-electron chi connectivity index (χ3n) is 6.04. The number of hydrogen-bond acceptors (Lipinski definition) is 5. The maximum absolute atomic E-state index is 13.9. The first-order chi connectivity index (χ1) is 17.2. The Morgan fingerprint density at radius 2 is 1.81 bits per heavy atom. The molecule has 0 saturated carbocycles. The second-order valence-electron chi connectivity index (χ2n) is 8.83. The molecule has 0 bridgehead atoms. The summed E-state index contributed by atoms with van der Waals surface area (Å²) in [6.07, 6.45) is 0.0217. The van der Waals surface area contributed by atoms with Gasteiger partial charge in [0.15, 0.2) is 4.96 Å². The molecule has 0 saturated heterocycles. The molecule has 5 rings (SSSR count). The molecule has 3 heterocycles. The summed E-state index contributed by atoms with van der Waals surface area (Å²) in [5.41, 5.74) is 5.61. The molecule has 2 aromatic carbocycles. The molecule has 0 aliphatic heterocycles. The number of nitrogens with zero attached hydrogens (tertiary/aromatic N) is 4. The molecule has 0 aliphatic carbocycles. The molecule has 0 aliphatic rings. The van der Waals surface area contributed by atoms with E-state index in [1.165, 1.54) is 27.9 Å². The van der Waals surface area contributed by atoms with Crippen LogP contribution in [0, 0.1) is 33.5 Å². The second-order valence-corrected chi connectivity index (χ2v) is 9.66. The summed E-state index contributed by atoms with van der Waals surface area (Å²) in [4.78, 5) is 31.5. The van der Waals surface area contributed by atoms with Crippen LogP contribution in [0.2, 0.25) is 0 Å². The summed E-state index contributed by atoms with van der Waals surface area (Å²) in [7, 11) is 0. The zero-order valence-electron chi connectivity index (χ0n) is 20.3. The first-order valence-electron chi connectivity index (χ1n) is 11.4. The summed E-state index contributed by atoms with van der Waals surface area (Å²) in [5, 5.41) is 9.29. The van der Waals surface area contributed by atoms with Gasteiger partial charge in [0.05, 0.1) is 23.4 Å². The van der Waals surface area contributed by atoms with E-state index in [4.69, 9.17) is 0 Å². The smallest absolute Gasteiger partial charge is 0.268 e. The number of fused-ring (bicyclic) bond motifs is 1. The van der Waals surface area contributed by atoms with Gasteiger partial charge in [-0.3, -0.25) is 14.0 Å². The van der Waals surface area contributed by atoms with E-state index < -0.39 is 0 Å². The summed E-state index contributed by atoms with van der Waals surface area (Å²) >= 11 is 1.31. The quantitative estimate of drug-likeness (QED) is 0.361. The van der Waals surface area contributed by atoms with Gasteiger partial charge in [0, 0.05) is 22.5 Å². The van der Waals surface area contributed by atoms with Crippen molar-refractivity contribution in [3.63, 3.8) is 0 Å². The molecule has 5 aromatic rings. The maximum atomic E-state index is 13.9. The SMILES string of the molecule is Cc1ccc(NC(=O)Cc2csc3nc(C)c(-c4cc(C)n(-c5cc(F)ccc5C)n4)c(=O)n23)cc1. The first kappa shape index (κ1) is 23.6. The number of aryl methyl sites for hydroxylation is 4. The van der Waals surface area contributed by atoms with Crippen LogP contribution in [0.15, 0.2) is 58.7 Å². The lowest BCUT2D eigenvalue weighted by Crippen LogP contribution is -2.22. The molecule has 3 aromatic heterocycles. The van der Waals surface area contributed by atoms with Crippen LogP contribution in [0.25, 0.3) is 21.9 Å². The van der Waals surface area contributed by atoms with Crippen LogP contribution in [0.3, 0.4) is 0 Å². The third kappa shape index (κ3) is 4.33. The molecule has 1 N–H and O–H groups in total. The Hall–Kier alpha value is -4.11. The van der Waals surface area contributed by atoms with Crippen molar-refractivity contribution in [3.05, 3.63) is 98.3 Å². The van der Waals surface area contributed by atoms with E-state index in [-0.39, 0.29) is 23.7 Å². The van der Waals surface area contributed by atoms with Gasteiger partial charge < -0.3 is 5.32 Å². The van der Waals surface area contributed by atoms with E-state index in [1.54, 1.807) is 29.1 Å². The maximum Gasteiger partial charge on any atom is 0.268 e. The summed E-state index contributed by atoms with van der Waals surface area (Å²) in [6.45, 7) is 7.47. The number of hydrogen-bond donors (Lipinski definition) is 1. The molecular formula is C27H24FN5O2S. The first-order valence-corrected chi connectivity index (χ1v) is 12.3. The molecule has 182 valence electrons. The number of halogens is 1. The van der Waals surface area contributed by atoms with Crippen LogP contribution in [0.4, 0.5) is 10.1 Å². The van der Waals surface area contributed by atoms with Crippen molar-refractivity contribution in [2.75, 3.05) is 5.32 Å². The van der Waals surface area contributed by atoms with E-state index in [1.807, 2.05) is 45.0 Å². The molecule has 7 nitrogen and oxygen atoms in total. The van der Waals surface area contributed by atoms with Gasteiger partial charge in [-0.25, -0.2) is 14.1 Å². The highest BCUT2D eigenvalue weighted by atomic mass is 32.1. The predicted molar refractivity (Wildman–Crippen MR) is 140 cm³/mol. The lowest BCUT2D eigenvalue weighted by Gasteiger charge is -2.08. The van der Waals surface area contributed by atoms with Crippen molar-refractivity contribution in [1.82, 2.24) is 19.2 Å². The molecule has 0 spiro atoms. The van der Waals surface area contributed by atoms with Gasteiger partial charge in [0.2, 0.25) is 5.91 Å². The number of carbonyl (C=O) groups is 1. The number of carbonyl (C=O) groups excluding carboxylic acids is 1. The molecule has 0 fully saturated rings. The van der Waals surface area contributed by atoms with E-state index in [0.29, 0.717) is 39.0 Å². The van der Waals surface area contributed by atoms with Crippen LogP contribution >= 0.6 is 11.3 Å². The largest absolute Gasteiger partial charge is 0.326 e. The Balaban J connectivity index is 1.53. The van der Waals surface area contributed by atoms with Crippen LogP contribution in [-0.2, 0) is 11.2 Å². The highest BCUT2D eigenvalue weighted by Crippen LogP contribution is 2.25. The highest BCUT2D eigenvalue weighted by molar-refractivity contribution is 7.15. The number of anilines is 1. The van der Waals surface area contributed by atoms with Crippen molar-refractivity contribution < 1.29 is 9.18 Å². The minimum atomic E-state index is -0.363. The Kier molecular flexibility index (Phi) is 6.01. The minimum Gasteiger partial charge on any atom is -0.326 e. The fourth-order valence-corrected chi connectivity index (χ4v) is 5.11. The van der Waals surface area contributed by atoms with Crippen LogP contribution < -0.4 is 10.9 Å². The van der Waals surface area contributed by atoms with Gasteiger partial charge in [-0.2, -0.15) is 5.10 Å². The minimum absolute atomic E-state index is 0.0217. The van der Waals surface area contributed by atoms with Crippen molar-refractivity contribution in [1.29, 1.82) is 0 Å². The molecule has 0 unspecified atom stereocenters. The molecule has 9 heteroatoms. The molecule has 36 heavy (non-hydrogen) atoms. The number of nitrogens with one attached hydrogen (secondary N) is 1. The Labute approximate surface area is 210 Å². The van der Waals surface area contributed by atoms with Crippen molar-refractivity contribution in [3.8, 4) is 16.9 Å². The normalized spacial score (nSPS) is 11.2. The van der Waals surface area contributed by atoms with E-state index in [2.05, 4.69) is 15.4 Å². The number of aromatic nitrogens is 4. The zero-order valence-corrected chi connectivity index (χ0v) is 21.1. The predicted octanol–water partition coefficient (Wildman–Crippen LogP) is 5.16. The van der Waals surface area contributed by atoms with Crippen molar-refractivity contribution >= 4 is 27.9 Å². The van der Waals surface area contributed by atoms with Gasteiger partial charge in [-0.15, -0.1) is 11.3 Å². The molecular weight excluding hydrogens is 477 g/mol. The Bertz CT molecular complexity index is 1680. The number of amides is 1. The summed E-state index contributed by atoms with van der Waals surface area (Å²) < 4.78 is 17.0. The van der Waals surface area contributed by atoms with Gasteiger partial charge >= 0.3 is 0 Å². The summed E-state index contributed by atoms with van der Waals surface area (Å²) in [6, 6.07) is 13.8. The number of thiazole rings is 1. The van der Waals surface area contributed by atoms with E-state index in [9.17, 15) is 14.0 Å². The van der Waals surface area contributed by atoms with Gasteiger partial charge in [0.1, 0.15) is 11.5 Å². The fourth-order valence-electron chi connectivity index (χ4n) is 4.18. The number of rotatable bonds is 5. The van der Waals surface area contributed by atoms with Gasteiger partial charge in [0.25, 0.3) is 5.56 Å². The molecule has 0 atom stereocenters. The lowest BCUT2D eigenvalue weighted by atomic mass is 10.1. The standard InChI is InChI=1S/C27H24FN5O2S/c1-15-5-9-20(10-6-15)30-24(34)13-21-14-36-27-29-18(4)25(26(35)32(21)27)22-11-17(3)33(31-22)23-12-19(28)8-7-16(23)2/h5-12,14H,13H2,1-4H3,(H,30,34). The summed E-state index contributed by atoms with van der Waals surface area (Å²) in [5.74, 6) is -0.590. The van der Waals surface area contributed by atoms with Crippen molar-refractivity contribution in [2.45, 2.75) is 34.1 Å². The highest BCUT2D eigenvalue weighted by Gasteiger charge is 2.20. The fraction of sp³-hybridized carbons (Fsp3) is 0.185. The molecule has 0 radical (unpaired) electrons. The van der Waals surface area contributed by atoms with E-state index >= 15 is 0 Å². The van der Waals surface area contributed by atoms with Crippen LogP contribution in [-0.4, -0.2) is 25.1 Å². The van der Waals surface area contributed by atoms with Gasteiger partial charge in [-0.05, 0) is 63.6 Å². The van der Waals surface area contributed by atoms with E-state index in [0.717, 1.165) is 16.8 Å². The monoisotopic (exact) mass is 501 g/mol. The lowest BCUT2D eigenvalue weighted by molar-refractivity contribution is -0.115. The Morgan fingerprint density at radius 1 is 1.06 bits per heavy atom. The number of benzene rings is 2. The van der Waals surface area contributed by atoms with Crippen LogP contribution in [0.5, 0.6) is 0 Å². The topological polar surface area (TPSA) is 81.3 Å². The average molecular weight is 502 g/mol. The van der Waals surface area contributed by atoms with Crippen molar-refractivity contribution in [2.24, 2.45) is 0 Å². The second kappa shape index (κ2) is 9.16. The van der Waals surface area contributed by atoms with Crippen LogP contribution in [0.1, 0.15) is 28.2 Å². The Morgan fingerprint density at radius 3 is 2.56 bits per heavy atom. The van der Waals surface area contributed by atoms with Gasteiger partial charge in [-0.1, -0.05) is 23.8 Å². The molecule has 1 amide bonds. The average Bonchev–Trinajstić information content (AvgIpc) is 3.40.